The zero-order chi connectivity index (χ0) is 28.1. The van der Waals surface area contributed by atoms with Crippen LogP contribution in [0.5, 0.6) is 0 Å². The van der Waals surface area contributed by atoms with Crippen LogP contribution in [-0.2, 0) is 38.3 Å². The number of ether oxygens (including phenoxy) is 1. The number of hydrogen-bond acceptors (Lipinski definition) is 12. The number of ketones is 1. The minimum Gasteiger partial charge on any atom is -0.477 e. The highest BCUT2D eigenvalue weighted by atomic mass is 35.5. The highest BCUT2D eigenvalue weighted by molar-refractivity contribution is 8.00. The molecule has 18 heteroatoms. The molecule has 3 N–H and O–H groups in total. The van der Waals surface area contributed by atoms with Crippen LogP contribution in [0.1, 0.15) is 19.0 Å². The Morgan fingerprint density at radius 3 is 2.61 bits per heavy atom. The van der Waals surface area contributed by atoms with E-state index in [1.54, 1.807) is 0 Å². The van der Waals surface area contributed by atoms with Crippen molar-refractivity contribution in [3.05, 3.63) is 21.3 Å². The number of amides is 3. The average molecular weight is 608 g/mol. The number of thiazole rings is 1. The van der Waals surface area contributed by atoms with Gasteiger partial charge in [-0.3, -0.25) is 28.9 Å². The Morgan fingerprint density at radius 1 is 1.29 bits per heavy atom. The van der Waals surface area contributed by atoms with Crippen molar-refractivity contribution in [2.75, 3.05) is 30.7 Å². The van der Waals surface area contributed by atoms with Crippen molar-refractivity contribution in [1.82, 2.24) is 15.2 Å². The van der Waals surface area contributed by atoms with Gasteiger partial charge < -0.3 is 25.3 Å². The van der Waals surface area contributed by atoms with Crippen molar-refractivity contribution in [1.29, 1.82) is 0 Å². The third-order valence-electron chi connectivity index (χ3n) is 4.91. The summed E-state index contributed by atoms with van der Waals surface area (Å²) in [5, 5.41) is 17.5. The van der Waals surface area contributed by atoms with E-state index >= 15 is 0 Å². The molecule has 0 saturated carbocycles. The first-order valence-corrected chi connectivity index (χ1v) is 13.3. The van der Waals surface area contributed by atoms with E-state index in [2.05, 4.69) is 20.8 Å². The minimum absolute atomic E-state index is 0.00511. The molecule has 2 aliphatic heterocycles. The molecule has 204 valence electrons. The largest absolute Gasteiger partial charge is 0.477 e. The lowest BCUT2D eigenvalue weighted by Gasteiger charge is -2.49. The number of halogens is 2. The molecule has 2 atom stereocenters. The number of aromatic nitrogens is 1. The molecule has 1 aromatic rings. The number of carboxylic acid groups (broad SMARTS) is 1. The molecular weight excluding hydrogens is 589 g/mol. The van der Waals surface area contributed by atoms with E-state index in [9.17, 15) is 33.9 Å². The van der Waals surface area contributed by atoms with E-state index < -0.39 is 59.9 Å². The fourth-order valence-corrected chi connectivity index (χ4v) is 5.82. The fourth-order valence-electron chi connectivity index (χ4n) is 3.36. The fraction of sp³-hybridized carbons (Fsp3) is 0.400. The van der Waals surface area contributed by atoms with E-state index in [1.165, 1.54) is 14.0 Å². The van der Waals surface area contributed by atoms with Gasteiger partial charge in [-0.2, -0.15) is 0 Å². The predicted molar refractivity (Wildman–Crippen MR) is 136 cm³/mol. The van der Waals surface area contributed by atoms with E-state index in [-0.39, 0.29) is 43.8 Å². The molecule has 14 nitrogen and oxygen atoms in total. The zero-order valence-corrected chi connectivity index (χ0v) is 22.8. The van der Waals surface area contributed by atoms with Crippen LogP contribution < -0.4 is 10.6 Å². The van der Waals surface area contributed by atoms with Gasteiger partial charge in [0.2, 0.25) is 5.91 Å². The molecule has 0 spiro atoms. The number of nitrogens with one attached hydrogen (secondary N) is 2. The second-order valence-electron chi connectivity index (χ2n) is 7.60. The molecule has 1 aromatic heterocycles. The molecule has 0 bridgehead atoms. The van der Waals surface area contributed by atoms with Crippen molar-refractivity contribution in [3.8, 4) is 0 Å². The van der Waals surface area contributed by atoms with Gasteiger partial charge in [-0.15, -0.1) is 23.4 Å². The van der Waals surface area contributed by atoms with Crippen LogP contribution in [0.15, 0.2) is 16.4 Å². The molecule has 0 radical (unpaired) electrons. The number of Topliss-reactive ketones (excluding diaryl/α,β-unsaturated/α-hetero) is 1. The Bertz CT molecular complexity index is 1270. The summed E-state index contributed by atoms with van der Waals surface area (Å²) in [4.78, 5) is 81.9. The van der Waals surface area contributed by atoms with Gasteiger partial charge in [-0.25, -0.2) is 9.78 Å². The van der Waals surface area contributed by atoms with Gasteiger partial charge >= 0.3 is 11.9 Å². The number of β-lactam (4-membered cyclic amide) rings is 1. The van der Waals surface area contributed by atoms with Crippen molar-refractivity contribution in [2.45, 2.75) is 24.8 Å². The number of carbonyl (C=O) groups excluding carboxylic acids is 5. The first kappa shape index (κ1) is 29.3. The number of fused-ring (bicyclic) bond motifs is 1. The molecule has 1 saturated heterocycles. The number of carboxylic acids is 1. The van der Waals surface area contributed by atoms with E-state index in [0.29, 0.717) is 0 Å². The van der Waals surface area contributed by atoms with Gasteiger partial charge in [0.05, 0.1) is 0 Å². The number of esters is 1. The van der Waals surface area contributed by atoms with E-state index in [1.807, 2.05) is 0 Å². The summed E-state index contributed by atoms with van der Waals surface area (Å²) in [7, 11) is 1.17. The van der Waals surface area contributed by atoms with E-state index in [4.69, 9.17) is 32.8 Å². The molecule has 1 fully saturated rings. The third kappa shape index (κ3) is 6.43. The lowest BCUT2D eigenvalue weighted by Crippen LogP contribution is -2.71. The van der Waals surface area contributed by atoms with Crippen LogP contribution in [0, 0.1) is 0 Å². The number of carbonyl (C=O) groups is 6. The van der Waals surface area contributed by atoms with Crippen LogP contribution in [0.3, 0.4) is 0 Å². The molecule has 1 unspecified atom stereocenters. The maximum absolute atomic E-state index is 13.0. The van der Waals surface area contributed by atoms with Gasteiger partial charge in [-0.1, -0.05) is 28.1 Å². The number of hydrogen-bond donors (Lipinski definition) is 3. The minimum atomic E-state index is -1.42. The van der Waals surface area contributed by atoms with Gasteiger partial charge in [0.25, 0.3) is 11.8 Å². The first-order valence-electron chi connectivity index (χ1n) is 10.5. The maximum Gasteiger partial charge on any atom is 0.352 e. The number of alkyl halides is 1. The second kappa shape index (κ2) is 12.6. The second-order valence-corrected chi connectivity index (χ2v) is 10.6. The number of oxime groups is 1. The van der Waals surface area contributed by atoms with Gasteiger partial charge in [-0.05, 0) is 6.92 Å². The Kier molecular flexibility index (Phi) is 9.70. The van der Waals surface area contributed by atoms with Crippen LogP contribution in [-0.4, -0.2) is 92.9 Å². The highest BCUT2D eigenvalue weighted by Crippen LogP contribution is 2.40. The van der Waals surface area contributed by atoms with Crippen molar-refractivity contribution >= 4 is 92.6 Å². The van der Waals surface area contributed by atoms with Crippen molar-refractivity contribution < 1.29 is 43.4 Å². The first-order chi connectivity index (χ1) is 18.0. The Labute approximate surface area is 232 Å². The van der Waals surface area contributed by atoms with Crippen LogP contribution in [0.2, 0.25) is 4.34 Å². The number of rotatable bonds is 11. The molecule has 2 aliphatic rings. The van der Waals surface area contributed by atoms with Crippen molar-refractivity contribution in [2.24, 2.45) is 5.16 Å². The topological polar surface area (TPSA) is 194 Å². The van der Waals surface area contributed by atoms with E-state index in [0.717, 1.165) is 28.0 Å². The molecule has 0 aromatic carbocycles. The SMILES string of the molecule is CO/N=C(\C(=O)NC1C(=O)N2C(C(=O)O)=C(COC(=O)CC(C)=O)CS[C@H]12)c1nc(NC(=O)CCl)sc1Cl. The van der Waals surface area contributed by atoms with Crippen LogP contribution >= 0.6 is 46.3 Å². The maximum atomic E-state index is 13.0. The number of nitrogens with zero attached hydrogens (tertiary/aromatic N) is 3. The lowest BCUT2D eigenvalue weighted by molar-refractivity contribution is -0.150. The number of anilines is 1. The van der Waals surface area contributed by atoms with Crippen molar-refractivity contribution in [3.63, 3.8) is 0 Å². The average Bonchev–Trinajstić information content (AvgIpc) is 3.21. The standard InChI is InChI=1S/C20H19Cl2N5O9S2/c1-7(28)3-10(30)36-5-8-6-37-18-13(17(32)27(18)14(8)19(33)34)24-16(31)12(26-35-2)11-15(22)38-20(25-11)23-9(29)4-21/h13,18H,3-6H2,1-2H3,(H,24,31)(H,33,34)(H,23,25,29)/b26-12-/t13?,18-/m1/s1. The molecule has 3 rings (SSSR count). The monoisotopic (exact) mass is 607 g/mol. The molecule has 38 heavy (non-hydrogen) atoms. The summed E-state index contributed by atoms with van der Waals surface area (Å²) >= 11 is 13.6. The normalized spacial score (nSPS) is 18.8. The van der Waals surface area contributed by atoms with Gasteiger partial charge in [0.1, 0.15) is 58.9 Å². The summed E-state index contributed by atoms with van der Waals surface area (Å²) in [6, 6.07) is -1.13. The summed E-state index contributed by atoms with van der Waals surface area (Å²) in [5.74, 6) is -5.08. The summed E-state index contributed by atoms with van der Waals surface area (Å²) in [6.07, 6.45) is -0.461. The van der Waals surface area contributed by atoms with Crippen LogP contribution in [0.4, 0.5) is 5.13 Å². The molecule has 3 heterocycles. The summed E-state index contributed by atoms with van der Waals surface area (Å²) in [6.45, 7) is 0.796. The molecular formula is C20H19Cl2N5O9S2. The smallest absolute Gasteiger partial charge is 0.352 e. The Balaban J connectivity index is 1.75. The highest BCUT2D eigenvalue weighted by Gasteiger charge is 2.54. The predicted octanol–water partition coefficient (Wildman–Crippen LogP) is 0.585. The third-order valence-corrected chi connectivity index (χ3v) is 7.66. The summed E-state index contributed by atoms with van der Waals surface area (Å²) < 4.78 is 4.97. The number of aliphatic carboxylic acids is 1. The van der Waals surface area contributed by atoms with Gasteiger partial charge in [0.15, 0.2) is 10.8 Å². The van der Waals surface area contributed by atoms with Gasteiger partial charge in [0, 0.05) is 11.3 Å². The zero-order valence-electron chi connectivity index (χ0n) is 19.6. The lowest BCUT2D eigenvalue weighted by atomic mass is 10.0. The molecule has 3 amide bonds. The Hall–Kier alpha value is -3.21. The Morgan fingerprint density at radius 2 is 2.00 bits per heavy atom. The van der Waals surface area contributed by atoms with Crippen LogP contribution in [0.25, 0.3) is 0 Å². The quantitative estimate of drug-likeness (QED) is 0.0795. The number of thioether (sulfide) groups is 1. The summed E-state index contributed by atoms with van der Waals surface area (Å²) in [5.41, 5.74) is -0.718. The molecule has 0 aliphatic carbocycles.